The molecule has 2 amide bonds. The molecule has 7 rings (SSSR count). The summed E-state index contributed by atoms with van der Waals surface area (Å²) in [5.41, 5.74) is 14.4. The van der Waals surface area contributed by atoms with Gasteiger partial charge in [0.25, 0.3) is 5.91 Å². The lowest BCUT2D eigenvalue weighted by molar-refractivity contribution is 0.0729. The Balaban J connectivity index is 1.26. The average molecular weight is 715 g/mol. The van der Waals surface area contributed by atoms with E-state index < -0.39 is 5.91 Å². The zero-order valence-electron chi connectivity index (χ0n) is 30.8. The molecule has 5 aromatic rings. The van der Waals surface area contributed by atoms with Crippen molar-refractivity contribution in [2.45, 2.75) is 78.0 Å². The summed E-state index contributed by atoms with van der Waals surface area (Å²) >= 11 is 0. The predicted octanol–water partition coefficient (Wildman–Crippen LogP) is 6.15. The van der Waals surface area contributed by atoms with E-state index in [1.165, 1.54) is 36.9 Å². The molecule has 2 aliphatic heterocycles. The van der Waals surface area contributed by atoms with E-state index in [2.05, 4.69) is 83.1 Å². The Morgan fingerprint density at radius 3 is 2.36 bits per heavy atom. The van der Waals surface area contributed by atoms with Gasteiger partial charge in [0, 0.05) is 56.0 Å². The van der Waals surface area contributed by atoms with Crippen LogP contribution in [0.3, 0.4) is 0 Å². The van der Waals surface area contributed by atoms with Gasteiger partial charge >= 0.3 is 0 Å². The molecule has 2 saturated heterocycles. The number of hydrogen-bond acceptors (Lipinski definition) is 8. The number of nitrogens with two attached hydrogens (primary N) is 1. The first-order chi connectivity index (χ1) is 25.9. The zero-order valence-corrected chi connectivity index (χ0v) is 30.8. The number of carbonyl (C=O) groups excluding carboxylic acids is 2. The van der Waals surface area contributed by atoms with Gasteiger partial charge in [0.15, 0.2) is 5.65 Å². The van der Waals surface area contributed by atoms with E-state index >= 15 is 0 Å². The third-order valence-corrected chi connectivity index (χ3v) is 10.6. The second-order valence-corrected chi connectivity index (χ2v) is 14.3. The molecule has 0 radical (unpaired) electrons. The minimum atomic E-state index is -0.632. The molecule has 0 bridgehead atoms. The van der Waals surface area contributed by atoms with Crippen LogP contribution < -0.4 is 16.4 Å². The number of nitrogens with one attached hydrogen (secondary N) is 2. The van der Waals surface area contributed by atoms with Crippen molar-refractivity contribution in [2.75, 3.05) is 31.6 Å². The third kappa shape index (κ3) is 8.42. The summed E-state index contributed by atoms with van der Waals surface area (Å²) in [7, 11) is 0. The molecule has 2 fully saturated rings. The summed E-state index contributed by atoms with van der Waals surface area (Å²) < 4.78 is 7.60. The lowest BCUT2D eigenvalue weighted by Gasteiger charge is -2.29. The molecule has 0 saturated carbocycles. The molecule has 53 heavy (non-hydrogen) atoms. The number of primary amides is 1. The molecule has 2 aliphatic rings. The van der Waals surface area contributed by atoms with Crippen molar-refractivity contribution < 1.29 is 14.3 Å². The number of rotatable bonds is 13. The van der Waals surface area contributed by atoms with Crippen LogP contribution >= 0.6 is 0 Å². The highest BCUT2D eigenvalue weighted by atomic mass is 16.5. The molecule has 2 aromatic carbocycles. The van der Waals surface area contributed by atoms with Gasteiger partial charge in [-0.1, -0.05) is 49.4 Å². The second kappa shape index (κ2) is 16.7. The number of amides is 2. The first-order valence-corrected chi connectivity index (χ1v) is 19.0. The summed E-state index contributed by atoms with van der Waals surface area (Å²) in [6, 6.07) is 19.0. The van der Waals surface area contributed by atoms with Gasteiger partial charge in [0.1, 0.15) is 0 Å². The minimum Gasteiger partial charge on any atom is -0.381 e. The lowest BCUT2D eigenvalue weighted by atomic mass is 9.90. The van der Waals surface area contributed by atoms with Crippen molar-refractivity contribution in [1.29, 1.82) is 0 Å². The highest BCUT2D eigenvalue weighted by Crippen LogP contribution is 2.33. The molecule has 5 heterocycles. The first-order valence-electron chi connectivity index (χ1n) is 19.0. The fraction of sp³-hybridized carbons (Fsp3) is 0.405. The number of hydrogen-bond donors (Lipinski definition) is 3. The van der Waals surface area contributed by atoms with E-state index in [0.29, 0.717) is 44.2 Å². The lowest BCUT2D eigenvalue weighted by Crippen LogP contribution is -2.33. The van der Waals surface area contributed by atoms with Crippen LogP contribution in [-0.2, 0) is 37.2 Å². The Morgan fingerprint density at radius 2 is 1.64 bits per heavy atom. The van der Waals surface area contributed by atoms with Gasteiger partial charge in [-0.2, -0.15) is 5.10 Å². The van der Waals surface area contributed by atoms with Crippen molar-refractivity contribution in [1.82, 2.24) is 30.0 Å². The van der Waals surface area contributed by atoms with E-state index in [-0.39, 0.29) is 24.1 Å². The average Bonchev–Trinajstić information content (AvgIpc) is 3.62. The van der Waals surface area contributed by atoms with Crippen LogP contribution in [0.25, 0.3) is 22.2 Å². The Morgan fingerprint density at radius 1 is 0.925 bits per heavy atom. The maximum atomic E-state index is 14.6. The summed E-state index contributed by atoms with van der Waals surface area (Å²) in [6.45, 7) is 9.03. The van der Waals surface area contributed by atoms with Crippen molar-refractivity contribution in [3.05, 3.63) is 107 Å². The van der Waals surface area contributed by atoms with Crippen LogP contribution in [0.2, 0.25) is 0 Å². The number of anilines is 1. The highest BCUT2D eigenvalue weighted by Gasteiger charge is 2.26. The number of aryl methyl sites for hydroxylation is 2. The number of ether oxygens (including phenoxy) is 1. The molecule has 0 aliphatic carbocycles. The molecule has 0 unspecified atom stereocenters. The first kappa shape index (κ1) is 36.2. The minimum absolute atomic E-state index is 0.188. The second-order valence-electron chi connectivity index (χ2n) is 14.3. The van der Waals surface area contributed by atoms with Crippen LogP contribution in [0.4, 0.5) is 5.69 Å². The zero-order chi connectivity index (χ0) is 36.7. The molecule has 11 nitrogen and oxygen atoms in total. The molecule has 0 atom stereocenters. The highest BCUT2D eigenvalue weighted by molar-refractivity contribution is 5.99. The van der Waals surface area contributed by atoms with Crippen LogP contribution in [0.15, 0.2) is 73.2 Å². The predicted molar refractivity (Wildman–Crippen MR) is 208 cm³/mol. The van der Waals surface area contributed by atoms with Gasteiger partial charge in [-0.25, -0.2) is 9.67 Å². The molecule has 4 N–H and O–H groups in total. The normalized spacial score (nSPS) is 15.4. The summed E-state index contributed by atoms with van der Waals surface area (Å²) in [6.07, 6.45) is 10.7. The maximum Gasteiger partial charge on any atom is 0.256 e. The van der Waals surface area contributed by atoms with Crippen molar-refractivity contribution in [3.8, 4) is 11.1 Å². The van der Waals surface area contributed by atoms with Gasteiger partial charge in [-0.05, 0) is 98.8 Å². The molecule has 0 spiro atoms. The molecular weight excluding hydrogens is 665 g/mol. The van der Waals surface area contributed by atoms with Gasteiger partial charge in [-0.3, -0.25) is 14.6 Å². The number of pyridine rings is 2. The van der Waals surface area contributed by atoms with Crippen molar-refractivity contribution in [2.24, 2.45) is 11.7 Å². The topological polar surface area (TPSA) is 140 Å². The van der Waals surface area contributed by atoms with Crippen molar-refractivity contribution >= 4 is 28.5 Å². The Kier molecular flexibility index (Phi) is 11.4. The number of fused-ring (bicyclic) bond motifs is 1. The molecular formula is C42H50N8O3. The van der Waals surface area contributed by atoms with Gasteiger partial charge in [-0.15, -0.1) is 0 Å². The number of carbonyl (C=O) groups is 2. The standard InChI is InChI=1S/C42H50N8O3/c1-3-38-37(39(47-35-13-17-53-18-14-35)36-25-46-50(4-2)41(36)48-38)27-49(42(52)34-22-33(40(43)51)23-45-24-34)26-30-8-6-10-32(21-30)31-9-5-7-29(20-31)19-28-11-15-44-16-12-28/h5-10,20-25,28,35,44H,3-4,11-19,26-27H2,1-2H3,(H2,43,51)(H,47,48). The van der Waals surface area contributed by atoms with E-state index in [1.54, 1.807) is 0 Å². The number of nitrogens with zero attached hydrogens (tertiary/aromatic N) is 5. The third-order valence-electron chi connectivity index (χ3n) is 10.6. The number of piperidine rings is 1. The summed E-state index contributed by atoms with van der Waals surface area (Å²) in [5, 5.41) is 12.9. The van der Waals surface area contributed by atoms with Gasteiger partial charge in [0.2, 0.25) is 5.91 Å². The smallest absolute Gasteiger partial charge is 0.256 e. The fourth-order valence-electron chi connectivity index (χ4n) is 7.71. The van der Waals surface area contributed by atoms with E-state index in [4.69, 9.17) is 15.5 Å². The Labute approximate surface area is 311 Å². The molecule has 276 valence electrons. The maximum absolute atomic E-state index is 14.6. The summed E-state index contributed by atoms with van der Waals surface area (Å²) in [4.78, 5) is 37.9. The number of benzene rings is 2. The Bertz CT molecular complexity index is 2070. The van der Waals surface area contributed by atoms with Crippen LogP contribution in [0.1, 0.15) is 82.6 Å². The fourth-order valence-corrected chi connectivity index (χ4v) is 7.71. The van der Waals surface area contributed by atoms with E-state index in [9.17, 15) is 9.59 Å². The van der Waals surface area contributed by atoms with Crippen LogP contribution in [0.5, 0.6) is 0 Å². The largest absolute Gasteiger partial charge is 0.381 e. The summed E-state index contributed by atoms with van der Waals surface area (Å²) in [5.74, 6) is -0.185. The van der Waals surface area contributed by atoms with Gasteiger partial charge < -0.3 is 26.0 Å². The monoisotopic (exact) mass is 714 g/mol. The van der Waals surface area contributed by atoms with Crippen LogP contribution in [-0.4, -0.2) is 68.8 Å². The molecule has 3 aromatic heterocycles. The SMILES string of the molecule is CCc1nc2c(cnn2CC)c(NC2CCOCC2)c1CN(Cc1cccc(-c2cccc(CC3CCNCC3)c2)c1)C(=O)c1cncc(C(N)=O)c1. The van der Waals surface area contributed by atoms with Crippen LogP contribution in [0, 0.1) is 5.92 Å². The van der Waals surface area contributed by atoms with E-state index in [1.807, 2.05) is 15.8 Å². The quantitative estimate of drug-likeness (QED) is 0.132. The van der Waals surface area contributed by atoms with Gasteiger partial charge in [0.05, 0.1) is 34.9 Å². The van der Waals surface area contributed by atoms with Crippen molar-refractivity contribution in [3.63, 3.8) is 0 Å². The Hall–Kier alpha value is -5.13. The number of aromatic nitrogens is 4. The molecule has 11 heteroatoms. The van der Waals surface area contributed by atoms with E-state index in [0.717, 1.165) is 77.0 Å².